The van der Waals surface area contributed by atoms with E-state index in [0.717, 1.165) is 18.7 Å². The Morgan fingerprint density at radius 3 is 2.50 bits per heavy atom. The van der Waals surface area contributed by atoms with Gasteiger partial charge in [-0.25, -0.2) is 0 Å². The Hall–Kier alpha value is -1.39. The van der Waals surface area contributed by atoms with Crippen LogP contribution in [0.1, 0.15) is 18.1 Å². The molecule has 0 aromatic heterocycles. The second-order valence-electron chi connectivity index (χ2n) is 5.07. The van der Waals surface area contributed by atoms with Crippen LogP contribution in [0.4, 0.5) is 0 Å². The van der Waals surface area contributed by atoms with E-state index in [1.807, 2.05) is 35.2 Å². The molecule has 96 valence electrons. The van der Waals surface area contributed by atoms with Crippen LogP contribution in [0.3, 0.4) is 0 Å². The van der Waals surface area contributed by atoms with Crippen molar-refractivity contribution in [2.75, 3.05) is 20.2 Å². The number of nitrogens with zero attached hydrogens (tertiary/aromatic N) is 1. The van der Waals surface area contributed by atoms with Crippen LogP contribution >= 0.6 is 0 Å². The summed E-state index contributed by atoms with van der Waals surface area (Å²) >= 11 is 0. The Bertz CT molecular complexity index is 419. The molecule has 4 rings (SSSR count). The fourth-order valence-corrected chi connectivity index (χ4v) is 2.87. The van der Waals surface area contributed by atoms with Gasteiger partial charge >= 0.3 is 0 Å². The van der Waals surface area contributed by atoms with Crippen LogP contribution in [0.5, 0.6) is 0 Å². The molecule has 2 unspecified atom stereocenters. The number of methoxy groups -OCH3 is 1. The molecular weight excluding hydrogens is 228 g/mol. The van der Waals surface area contributed by atoms with E-state index in [2.05, 4.69) is 5.32 Å². The topological polar surface area (TPSA) is 41.6 Å². The Balaban J connectivity index is 1.73. The smallest absolute Gasteiger partial charge is 0.256 e. The van der Waals surface area contributed by atoms with E-state index >= 15 is 0 Å². The molecule has 0 radical (unpaired) electrons. The van der Waals surface area contributed by atoms with E-state index in [1.54, 1.807) is 7.11 Å². The maximum atomic E-state index is 12.5. The number of rotatable bonds is 3. The average Bonchev–Trinajstić information content (AvgIpc) is 2.40. The van der Waals surface area contributed by atoms with Crippen molar-refractivity contribution >= 4 is 5.91 Å². The van der Waals surface area contributed by atoms with Crippen LogP contribution < -0.4 is 5.32 Å². The van der Waals surface area contributed by atoms with Gasteiger partial charge in [-0.2, -0.15) is 0 Å². The largest absolute Gasteiger partial charge is 0.367 e. The van der Waals surface area contributed by atoms with Crippen LogP contribution in [0.15, 0.2) is 30.3 Å². The number of piperazine rings is 1. The second kappa shape index (κ2) is 4.71. The summed E-state index contributed by atoms with van der Waals surface area (Å²) in [6, 6.07) is 10.7. The minimum Gasteiger partial charge on any atom is -0.367 e. The average molecular weight is 246 g/mol. The molecule has 1 aromatic carbocycles. The third kappa shape index (κ3) is 2.02. The number of carbonyl (C=O) groups is 1. The van der Waals surface area contributed by atoms with Crippen molar-refractivity contribution in [2.45, 2.75) is 24.6 Å². The first-order chi connectivity index (χ1) is 8.78. The second-order valence-corrected chi connectivity index (χ2v) is 5.07. The molecule has 0 spiro atoms. The van der Waals surface area contributed by atoms with Crippen molar-refractivity contribution in [2.24, 2.45) is 0 Å². The lowest BCUT2D eigenvalue weighted by molar-refractivity contribution is -0.146. The molecule has 3 heterocycles. The van der Waals surface area contributed by atoms with E-state index in [1.165, 1.54) is 6.42 Å². The Morgan fingerprint density at radius 2 is 1.94 bits per heavy atom. The summed E-state index contributed by atoms with van der Waals surface area (Å²) in [5, 5.41) is 3.43. The van der Waals surface area contributed by atoms with E-state index in [0.29, 0.717) is 12.1 Å². The van der Waals surface area contributed by atoms with E-state index in [-0.39, 0.29) is 5.91 Å². The highest BCUT2D eigenvalue weighted by Crippen LogP contribution is 2.25. The number of amides is 1. The molecule has 3 aliphatic rings. The monoisotopic (exact) mass is 246 g/mol. The lowest BCUT2D eigenvalue weighted by Gasteiger charge is -2.48. The zero-order valence-corrected chi connectivity index (χ0v) is 10.5. The first-order valence-corrected chi connectivity index (χ1v) is 6.40. The standard InChI is InChI=1S/C14H18N2O2/c1-18-13(10-5-3-2-4-6-10)14(17)16-8-11-7-12(9-16)15-11/h2-6,11-13,15H,7-9H2,1H3/t11?,12?,13-/m0/s1. The number of hydrogen-bond donors (Lipinski definition) is 1. The van der Waals surface area contributed by atoms with Gasteiger partial charge in [0, 0.05) is 32.3 Å². The molecule has 3 saturated heterocycles. The van der Waals surface area contributed by atoms with E-state index < -0.39 is 6.10 Å². The van der Waals surface area contributed by atoms with Crippen molar-refractivity contribution in [3.8, 4) is 0 Å². The number of ether oxygens (including phenoxy) is 1. The molecule has 1 N–H and O–H groups in total. The fraction of sp³-hybridized carbons (Fsp3) is 0.500. The zero-order valence-electron chi connectivity index (χ0n) is 10.5. The molecule has 2 bridgehead atoms. The van der Waals surface area contributed by atoms with Crippen molar-refractivity contribution in [1.29, 1.82) is 0 Å². The Morgan fingerprint density at radius 1 is 1.33 bits per heavy atom. The van der Waals surface area contributed by atoms with Gasteiger partial charge < -0.3 is 15.0 Å². The normalized spacial score (nSPS) is 27.5. The minimum absolute atomic E-state index is 0.0832. The number of fused-ring (bicyclic) bond motifs is 2. The van der Waals surface area contributed by atoms with Gasteiger partial charge in [-0.15, -0.1) is 0 Å². The van der Waals surface area contributed by atoms with Crippen LogP contribution in [0.25, 0.3) is 0 Å². The molecule has 1 aromatic rings. The maximum absolute atomic E-state index is 12.5. The summed E-state index contributed by atoms with van der Waals surface area (Å²) in [7, 11) is 1.60. The van der Waals surface area contributed by atoms with Gasteiger partial charge in [-0.1, -0.05) is 30.3 Å². The Kier molecular flexibility index (Phi) is 3.06. The predicted molar refractivity (Wildman–Crippen MR) is 68.1 cm³/mol. The number of nitrogens with one attached hydrogen (secondary N) is 1. The lowest BCUT2D eigenvalue weighted by atomic mass is 9.91. The summed E-state index contributed by atoms with van der Waals surface area (Å²) in [4.78, 5) is 14.4. The first-order valence-electron chi connectivity index (χ1n) is 6.40. The third-order valence-corrected chi connectivity index (χ3v) is 3.80. The minimum atomic E-state index is -0.469. The summed E-state index contributed by atoms with van der Waals surface area (Å²) in [6.07, 6.45) is 0.732. The molecule has 4 nitrogen and oxygen atoms in total. The van der Waals surface area contributed by atoms with E-state index in [9.17, 15) is 4.79 Å². The van der Waals surface area contributed by atoms with Gasteiger partial charge in [-0.05, 0) is 12.0 Å². The number of piperidine rings is 1. The van der Waals surface area contributed by atoms with Crippen molar-refractivity contribution in [1.82, 2.24) is 10.2 Å². The van der Waals surface area contributed by atoms with Gasteiger partial charge in [0.1, 0.15) is 0 Å². The SMILES string of the molecule is CO[C@H](C(=O)N1CC2CC(C1)N2)c1ccccc1. The number of benzene rings is 1. The van der Waals surface area contributed by atoms with E-state index in [4.69, 9.17) is 4.74 Å². The zero-order chi connectivity index (χ0) is 12.5. The highest BCUT2D eigenvalue weighted by atomic mass is 16.5. The summed E-state index contributed by atoms with van der Waals surface area (Å²) in [5.74, 6) is 0.0832. The van der Waals surface area contributed by atoms with Crippen molar-refractivity contribution in [3.05, 3.63) is 35.9 Å². The van der Waals surface area contributed by atoms with Gasteiger partial charge in [0.25, 0.3) is 5.91 Å². The molecule has 3 aliphatic heterocycles. The molecule has 0 aliphatic carbocycles. The van der Waals surface area contributed by atoms with Crippen molar-refractivity contribution < 1.29 is 9.53 Å². The third-order valence-electron chi connectivity index (χ3n) is 3.80. The Labute approximate surface area is 107 Å². The molecule has 3 fully saturated rings. The highest BCUT2D eigenvalue weighted by Gasteiger charge is 2.40. The molecule has 18 heavy (non-hydrogen) atoms. The lowest BCUT2D eigenvalue weighted by Crippen LogP contribution is -2.68. The molecular formula is C14H18N2O2. The maximum Gasteiger partial charge on any atom is 0.256 e. The molecule has 1 amide bonds. The fourth-order valence-electron chi connectivity index (χ4n) is 2.87. The van der Waals surface area contributed by atoms with Gasteiger partial charge in [0.05, 0.1) is 0 Å². The molecule has 3 atom stereocenters. The summed E-state index contributed by atoms with van der Waals surface area (Å²) in [5.41, 5.74) is 0.928. The molecule has 0 saturated carbocycles. The predicted octanol–water partition coefficient (Wildman–Crippen LogP) is 0.947. The first kappa shape index (κ1) is 11.7. The van der Waals surface area contributed by atoms with Crippen LogP contribution in [-0.4, -0.2) is 43.1 Å². The summed E-state index contributed by atoms with van der Waals surface area (Å²) in [6.45, 7) is 1.62. The van der Waals surface area contributed by atoms with Crippen LogP contribution in [0, 0.1) is 0 Å². The van der Waals surface area contributed by atoms with Gasteiger partial charge in [0.2, 0.25) is 0 Å². The van der Waals surface area contributed by atoms with Gasteiger partial charge in [0.15, 0.2) is 6.10 Å². The highest BCUT2D eigenvalue weighted by molar-refractivity contribution is 5.82. The van der Waals surface area contributed by atoms with Crippen LogP contribution in [0.2, 0.25) is 0 Å². The summed E-state index contributed by atoms with van der Waals surface area (Å²) < 4.78 is 5.39. The molecule has 4 heteroatoms. The number of hydrogen-bond acceptors (Lipinski definition) is 3. The van der Waals surface area contributed by atoms with Gasteiger partial charge in [-0.3, -0.25) is 4.79 Å². The number of carbonyl (C=O) groups excluding carboxylic acids is 1. The van der Waals surface area contributed by atoms with Crippen molar-refractivity contribution in [3.63, 3.8) is 0 Å². The quantitative estimate of drug-likeness (QED) is 0.863. The van der Waals surface area contributed by atoms with Crippen LogP contribution in [-0.2, 0) is 9.53 Å².